The first-order valence-electron chi connectivity index (χ1n) is 7.08. The van der Waals surface area contributed by atoms with Gasteiger partial charge in [0.1, 0.15) is 0 Å². The van der Waals surface area contributed by atoms with E-state index in [4.69, 9.17) is 9.84 Å². The van der Waals surface area contributed by atoms with Crippen LogP contribution in [0.15, 0.2) is 30.5 Å². The molecule has 1 N–H and O–H groups in total. The summed E-state index contributed by atoms with van der Waals surface area (Å²) in [7, 11) is 0. The van der Waals surface area contributed by atoms with Crippen molar-refractivity contribution in [2.24, 2.45) is 0 Å². The summed E-state index contributed by atoms with van der Waals surface area (Å²) in [6, 6.07) is 7.91. The fourth-order valence-corrected chi connectivity index (χ4v) is 2.32. The van der Waals surface area contributed by atoms with Gasteiger partial charge in [0.05, 0.1) is 13.0 Å². The van der Waals surface area contributed by atoms with Crippen LogP contribution in [-0.2, 0) is 22.5 Å². The number of unbranched alkanes of at least 4 members (excludes halogenated alkanes) is 1. The molecular formula is C16H21NO3. The molecule has 4 heteroatoms. The summed E-state index contributed by atoms with van der Waals surface area (Å²) < 4.78 is 7.66. The monoisotopic (exact) mass is 275 g/mol. The summed E-state index contributed by atoms with van der Waals surface area (Å²) in [5.74, 6) is -0.799. The number of nitrogens with zero attached hydrogens (tertiary/aromatic N) is 1. The summed E-state index contributed by atoms with van der Waals surface area (Å²) in [5.41, 5.74) is 1.93. The Morgan fingerprint density at radius 3 is 2.85 bits per heavy atom. The van der Waals surface area contributed by atoms with Gasteiger partial charge in [0.25, 0.3) is 0 Å². The van der Waals surface area contributed by atoms with E-state index >= 15 is 0 Å². The van der Waals surface area contributed by atoms with Gasteiger partial charge in [0.2, 0.25) is 0 Å². The van der Waals surface area contributed by atoms with Crippen LogP contribution in [0.4, 0.5) is 0 Å². The van der Waals surface area contributed by atoms with E-state index in [1.54, 1.807) is 0 Å². The topological polar surface area (TPSA) is 51.5 Å². The molecule has 0 fully saturated rings. The number of aliphatic carboxylic acids is 1. The number of ether oxygens (including phenoxy) is 1. The van der Waals surface area contributed by atoms with Gasteiger partial charge in [-0.25, -0.2) is 0 Å². The zero-order valence-corrected chi connectivity index (χ0v) is 11.8. The highest BCUT2D eigenvalue weighted by molar-refractivity contribution is 5.87. The number of carboxylic acids is 1. The third-order valence-corrected chi connectivity index (χ3v) is 3.33. The summed E-state index contributed by atoms with van der Waals surface area (Å²) >= 11 is 0. The van der Waals surface area contributed by atoms with E-state index < -0.39 is 5.97 Å². The molecule has 2 rings (SSSR count). The fourth-order valence-electron chi connectivity index (χ4n) is 2.32. The molecule has 1 heterocycles. The third-order valence-electron chi connectivity index (χ3n) is 3.33. The second kappa shape index (κ2) is 7.10. The third kappa shape index (κ3) is 3.61. The van der Waals surface area contributed by atoms with Gasteiger partial charge in [-0.3, -0.25) is 4.79 Å². The van der Waals surface area contributed by atoms with Crippen molar-refractivity contribution in [3.63, 3.8) is 0 Å². The number of rotatable bonds is 8. The lowest BCUT2D eigenvalue weighted by Gasteiger charge is -2.06. The van der Waals surface area contributed by atoms with Gasteiger partial charge in [0, 0.05) is 30.3 Å². The van der Waals surface area contributed by atoms with Crippen molar-refractivity contribution >= 4 is 16.9 Å². The Balaban J connectivity index is 2.10. The van der Waals surface area contributed by atoms with Crippen LogP contribution < -0.4 is 0 Å². The van der Waals surface area contributed by atoms with Crippen molar-refractivity contribution in [1.82, 2.24) is 4.57 Å². The number of para-hydroxylation sites is 1. The molecule has 1 aromatic heterocycles. The van der Waals surface area contributed by atoms with Crippen LogP contribution in [0.25, 0.3) is 10.9 Å². The van der Waals surface area contributed by atoms with E-state index in [0.29, 0.717) is 6.61 Å². The van der Waals surface area contributed by atoms with E-state index in [0.717, 1.165) is 42.5 Å². The fraction of sp³-hybridized carbons (Fsp3) is 0.438. The smallest absolute Gasteiger partial charge is 0.307 e. The molecule has 0 atom stereocenters. The Labute approximate surface area is 119 Å². The van der Waals surface area contributed by atoms with Crippen molar-refractivity contribution in [2.45, 2.75) is 32.7 Å². The lowest BCUT2D eigenvalue weighted by molar-refractivity contribution is -0.136. The van der Waals surface area contributed by atoms with E-state index in [-0.39, 0.29) is 6.42 Å². The van der Waals surface area contributed by atoms with Crippen molar-refractivity contribution in [3.05, 3.63) is 36.0 Å². The summed E-state index contributed by atoms with van der Waals surface area (Å²) in [6.07, 6.45) is 4.21. The second-order valence-corrected chi connectivity index (χ2v) is 4.90. The quantitative estimate of drug-likeness (QED) is 0.753. The number of carbonyl (C=O) groups is 1. The molecule has 20 heavy (non-hydrogen) atoms. The van der Waals surface area contributed by atoms with Crippen molar-refractivity contribution in [3.8, 4) is 0 Å². The first kappa shape index (κ1) is 14.6. The van der Waals surface area contributed by atoms with Crippen LogP contribution in [-0.4, -0.2) is 28.9 Å². The molecule has 0 saturated carbocycles. The maximum atomic E-state index is 10.9. The van der Waals surface area contributed by atoms with Crippen LogP contribution in [0.1, 0.15) is 25.3 Å². The predicted octanol–water partition coefficient (Wildman–Crippen LogP) is 3.09. The minimum absolute atomic E-state index is 0.0597. The molecule has 0 bridgehead atoms. The molecule has 0 unspecified atom stereocenters. The highest BCUT2D eigenvalue weighted by Gasteiger charge is 2.10. The second-order valence-electron chi connectivity index (χ2n) is 4.90. The van der Waals surface area contributed by atoms with Gasteiger partial charge in [0.15, 0.2) is 0 Å². The van der Waals surface area contributed by atoms with E-state index in [1.165, 1.54) is 0 Å². The Bertz CT molecular complexity index is 574. The zero-order valence-electron chi connectivity index (χ0n) is 11.8. The van der Waals surface area contributed by atoms with Crippen molar-refractivity contribution in [1.29, 1.82) is 0 Å². The van der Waals surface area contributed by atoms with Gasteiger partial charge < -0.3 is 14.4 Å². The SMILES string of the molecule is CCCCOCCn1cc(CC(=O)O)c2ccccc21. The van der Waals surface area contributed by atoms with Crippen molar-refractivity contribution < 1.29 is 14.6 Å². The molecular weight excluding hydrogens is 254 g/mol. The lowest BCUT2D eigenvalue weighted by Crippen LogP contribution is -2.06. The number of fused-ring (bicyclic) bond motifs is 1. The molecule has 0 saturated heterocycles. The summed E-state index contributed by atoms with van der Waals surface area (Å²) in [5, 5.41) is 9.99. The number of hydrogen-bond donors (Lipinski definition) is 1. The number of carboxylic acid groups (broad SMARTS) is 1. The number of aromatic nitrogens is 1. The Morgan fingerprint density at radius 2 is 2.10 bits per heavy atom. The predicted molar refractivity (Wildman–Crippen MR) is 79.0 cm³/mol. The maximum absolute atomic E-state index is 10.9. The lowest BCUT2D eigenvalue weighted by atomic mass is 10.1. The highest BCUT2D eigenvalue weighted by Crippen LogP contribution is 2.21. The highest BCUT2D eigenvalue weighted by atomic mass is 16.5. The summed E-state index contributed by atoms with van der Waals surface area (Å²) in [4.78, 5) is 10.9. The van der Waals surface area contributed by atoms with Crippen molar-refractivity contribution in [2.75, 3.05) is 13.2 Å². The number of benzene rings is 1. The number of hydrogen-bond acceptors (Lipinski definition) is 2. The Kier molecular flexibility index (Phi) is 5.18. The minimum atomic E-state index is -0.799. The zero-order chi connectivity index (χ0) is 14.4. The van der Waals surface area contributed by atoms with Crippen LogP contribution in [0.5, 0.6) is 0 Å². The van der Waals surface area contributed by atoms with Gasteiger partial charge in [-0.2, -0.15) is 0 Å². The Morgan fingerprint density at radius 1 is 1.30 bits per heavy atom. The van der Waals surface area contributed by atoms with E-state index in [9.17, 15) is 4.79 Å². The van der Waals surface area contributed by atoms with Gasteiger partial charge >= 0.3 is 5.97 Å². The normalized spacial score (nSPS) is 11.1. The van der Waals surface area contributed by atoms with Crippen LogP contribution in [0.2, 0.25) is 0 Å². The van der Waals surface area contributed by atoms with E-state index in [2.05, 4.69) is 11.5 Å². The standard InChI is InChI=1S/C16H21NO3/c1-2-3-9-20-10-8-17-12-13(11-16(18)19)14-6-4-5-7-15(14)17/h4-7,12H,2-3,8-11H2,1H3,(H,18,19). The molecule has 2 aromatic rings. The van der Waals surface area contributed by atoms with Gasteiger partial charge in [-0.05, 0) is 18.1 Å². The minimum Gasteiger partial charge on any atom is -0.481 e. The molecule has 0 aliphatic carbocycles. The van der Waals surface area contributed by atoms with Crippen LogP contribution in [0, 0.1) is 0 Å². The average molecular weight is 275 g/mol. The van der Waals surface area contributed by atoms with Crippen LogP contribution in [0.3, 0.4) is 0 Å². The molecule has 0 aliphatic heterocycles. The first-order valence-corrected chi connectivity index (χ1v) is 7.08. The van der Waals surface area contributed by atoms with Gasteiger partial charge in [-0.1, -0.05) is 31.5 Å². The van der Waals surface area contributed by atoms with Gasteiger partial charge in [-0.15, -0.1) is 0 Å². The van der Waals surface area contributed by atoms with E-state index in [1.807, 2.05) is 30.5 Å². The van der Waals surface area contributed by atoms with Crippen LogP contribution >= 0.6 is 0 Å². The first-order chi connectivity index (χ1) is 9.72. The molecule has 0 amide bonds. The largest absolute Gasteiger partial charge is 0.481 e. The molecule has 108 valence electrons. The molecule has 4 nitrogen and oxygen atoms in total. The maximum Gasteiger partial charge on any atom is 0.307 e. The average Bonchev–Trinajstić information content (AvgIpc) is 2.77. The molecule has 0 radical (unpaired) electrons. The molecule has 1 aromatic carbocycles. The molecule has 0 aliphatic rings. The Hall–Kier alpha value is -1.81. The summed E-state index contributed by atoms with van der Waals surface area (Å²) in [6.45, 7) is 4.34. The molecule has 0 spiro atoms.